The smallest absolute Gasteiger partial charge is 0.149 e. The average molecular weight is 261 g/mol. The van der Waals surface area contributed by atoms with Gasteiger partial charge in [-0.2, -0.15) is 0 Å². The molecule has 0 bridgehead atoms. The summed E-state index contributed by atoms with van der Waals surface area (Å²) in [7, 11) is 1.60. The first-order chi connectivity index (χ1) is 9.19. The molecule has 1 atom stereocenters. The van der Waals surface area contributed by atoms with E-state index in [-0.39, 0.29) is 6.04 Å². The molecule has 0 radical (unpaired) electrons. The van der Waals surface area contributed by atoms with Crippen LogP contribution in [-0.4, -0.2) is 7.11 Å². The predicted octanol–water partition coefficient (Wildman–Crippen LogP) is 3.68. The zero-order valence-corrected chi connectivity index (χ0v) is 10.4. The van der Waals surface area contributed by atoms with Gasteiger partial charge in [-0.1, -0.05) is 18.2 Å². The number of methoxy groups -OCH3 is 1. The highest BCUT2D eigenvalue weighted by Gasteiger charge is 2.27. The van der Waals surface area contributed by atoms with E-state index in [2.05, 4.69) is 5.32 Å². The van der Waals surface area contributed by atoms with Crippen molar-refractivity contribution >= 4 is 5.69 Å². The normalized spacial score (nSPS) is 16.9. The van der Waals surface area contributed by atoms with Crippen LogP contribution in [0.4, 0.5) is 14.5 Å². The average Bonchev–Trinajstić information content (AvgIpc) is 2.82. The predicted molar refractivity (Wildman–Crippen MR) is 69.4 cm³/mol. The van der Waals surface area contributed by atoms with Gasteiger partial charge in [-0.15, -0.1) is 0 Å². The van der Waals surface area contributed by atoms with Gasteiger partial charge in [0.1, 0.15) is 17.4 Å². The van der Waals surface area contributed by atoms with Gasteiger partial charge in [0.25, 0.3) is 0 Å². The SMILES string of the molecule is COc1ccccc1C1Cc2cc(F)cc(F)c2N1. The van der Waals surface area contributed by atoms with Crippen molar-refractivity contribution in [2.75, 3.05) is 12.4 Å². The lowest BCUT2D eigenvalue weighted by molar-refractivity contribution is 0.407. The molecule has 0 fully saturated rings. The quantitative estimate of drug-likeness (QED) is 0.890. The molecule has 1 unspecified atom stereocenters. The van der Waals surface area contributed by atoms with E-state index in [0.29, 0.717) is 17.7 Å². The highest BCUT2D eigenvalue weighted by atomic mass is 19.1. The lowest BCUT2D eigenvalue weighted by atomic mass is 10.0. The maximum Gasteiger partial charge on any atom is 0.149 e. The van der Waals surface area contributed by atoms with Crippen LogP contribution in [0.3, 0.4) is 0 Å². The number of fused-ring (bicyclic) bond motifs is 1. The minimum absolute atomic E-state index is 0.0950. The van der Waals surface area contributed by atoms with Gasteiger partial charge < -0.3 is 10.1 Å². The maximum atomic E-state index is 13.7. The Morgan fingerprint density at radius 2 is 2.00 bits per heavy atom. The Kier molecular flexibility index (Phi) is 2.85. The number of rotatable bonds is 2. The van der Waals surface area contributed by atoms with Crippen molar-refractivity contribution in [2.45, 2.75) is 12.5 Å². The van der Waals surface area contributed by atoms with Crippen LogP contribution < -0.4 is 10.1 Å². The molecule has 4 heteroatoms. The summed E-state index contributed by atoms with van der Waals surface area (Å²) in [6.07, 6.45) is 0.546. The Bertz CT molecular complexity index is 628. The molecule has 0 amide bonds. The molecule has 19 heavy (non-hydrogen) atoms. The molecule has 1 aliphatic heterocycles. The minimum Gasteiger partial charge on any atom is -0.496 e. The van der Waals surface area contributed by atoms with E-state index in [0.717, 1.165) is 17.4 Å². The summed E-state index contributed by atoms with van der Waals surface area (Å²) in [5.41, 5.74) is 1.99. The maximum absolute atomic E-state index is 13.7. The molecule has 2 aromatic rings. The second-order valence-electron chi connectivity index (χ2n) is 4.56. The Hall–Kier alpha value is -2.10. The van der Waals surface area contributed by atoms with Gasteiger partial charge >= 0.3 is 0 Å². The summed E-state index contributed by atoms with van der Waals surface area (Å²) in [6.45, 7) is 0. The van der Waals surface area contributed by atoms with E-state index < -0.39 is 11.6 Å². The van der Waals surface area contributed by atoms with Gasteiger partial charge in [0.05, 0.1) is 18.8 Å². The van der Waals surface area contributed by atoms with E-state index in [1.165, 1.54) is 6.07 Å². The minimum atomic E-state index is -0.549. The van der Waals surface area contributed by atoms with Gasteiger partial charge in [0.15, 0.2) is 0 Å². The summed E-state index contributed by atoms with van der Waals surface area (Å²) in [5.74, 6) is -0.347. The van der Waals surface area contributed by atoms with Crippen molar-refractivity contribution < 1.29 is 13.5 Å². The summed E-state index contributed by atoms with van der Waals surface area (Å²) >= 11 is 0. The van der Waals surface area contributed by atoms with Gasteiger partial charge in [0.2, 0.25) is 0 Å². The summed E-state index contributed by atoms with van der Waals surface area (Å²) < 4.78 is 32.2. The second kappa shape index (κ2) is 4.53. The number of ether oxygens (including phenoxy) is 1. The van der Waals surface area contributed by atoms with Crippen molar-refractivity contribution in [1.82, 2.24) is 0 Å². The fraction of sp³-hybridized carbons (Fsp3) is 0.200. The fourth-order valence-electron chi connectivity index (χ4n) is 2.54. The number of hydrogen-bond acceptors (Lipinski definition) is 2. The number of anilines is 1. The largest absolute Gasteiger partial charge is 0.496 e. The second-order valence-corrected chi connectivity index (χ2v) is 4.56. The lowest BCUT2D eigenvalue weighted by Crippen LogP contribution is -2.07. The van der Waals surface area contributed by atoms with Crippen molar-refractivity contribution in [3.05, 3.63) is 59.2 Å². The number of hydrogen-bond donors (Lipinski definition) is 1. The molecule has 0 saturated heterocycles. The summed E-state index contributed by atoms with van der Waals surface area (Å²) in [5, 5.41) is 3.10. The zero-order valence-electron chi connectivity index (χ0n) is 10.4. The van der Waals surface area contributed by atoms with E-state index in [1.54, 1.807) is 7.11 Å². The first kappa shape index (κ1) is 12.0. The molecule has 0 spiro atoms. The lowest BCUT2D eigenvalue weighted by Gasteiger charge is -2.15. The molecule has 1 aliphatic rings. The van der Waals surface area contributed by atoms with E-state index in [1.807, 2.05) is 24.3 Å². The Morgan fingerprint density at radius 3 is 2.79 bits per heavy atom. The number of benzene rings is 2. The third-order valence-electron chi connectivity index (χ3n) is 3.39. The van der Waals surface area contributed by atoms with Crippen LogP contribution >= 0.6 is 0 Å². The highest BCUT2D eigenvalue weighted by molar-refractivity contribution is 5.60. The molecule has 3 rings (SSSR count). The monoisotopic (exact) mass is 261 g/mol. The highest BCUT2D eigenvalue weighted by Crippen LogP contribution is 2.39. The van der Waals surface area contributed by atoms with Crippen LogP contribution in [0, 0.1) is 11.6 Å². The topological polar surface area (TPSA) is 21.3 Å². The van der Waals surface area contributed by atoms with E-state index >= 15 is 0 Å². The molecular formula is C15H13F2NO. The molecule has 0 aromatic heterocycles. The van der Waals surface area contributed by atoms with Crippen LogP contribution in [0.5, 0.6) is 5.75 Å². The van der Waals surface area contributed by atoms with Crippen molar-refractivity contribution in [3.8, 4) is 5.75 Å². The number of nitrogens with one attached hydrogen (secondary N) is 1. The van der Waals surface area contributed by atoms with Crippen LogP contribution in [0.25, 0.3) is 0 Å². The van der Waals surface area contributed by atoms with E-state index in [4.69, 9.17) is 4.74 Å². The van der Waals surface area contributed by atoms with E-state index in [9.17, 15) is 8.78 Å². The van der Waals surface area contributed by atoms with Crippen molar-refractivity contribution in [2.24, 2.45) is 0 Å². The van der Waals surface area contributed by atoms with Crippen LogP contribution in [0.2, 0.25) is 0 Å². The van der Waals surface area contributed by atoms with Gasteiger partial charge in [-0.05, 0) is 24.1 Å². The third kappa shape index (κ3) is 2.03. The molecular weight excluding hydrogens is 248 g/mol. The van der Waals surface area contributed by atoms with Gasteiger partial charge in [0, 0.05) is 11.6 Å². The molecule has 98 valence electrons. The molecule has 0 saturated carbocycles. The van der Waals surface area contributed by atoms with Crippen molar-refractivity contribution in [1.29, 1.82) is 0 Å². The third-order valence-corrected chi connectivity index (χ3v) is 3.39. The van der Waals surface area contributed by atoms with Gasteiger partial charge in [-0.25, -0.2) is 8.78 Å². The first-order valence-electron chi connectivity index (χ1n) is 6.06. The van der Waals surface area contributed by atoms with Crippen LogP contribution in [0.1, 0.15) is 17.2 Å². The Balaban J connectivity index is 1.98. The number of para-hydroxylation sites is 1. The van der Waals surface area contributed by atoms with Crippen LogP contribution in [0.15, 0.2) is 36.4 Å². The summed E-state index contributed by atoms with van der Waals surface area (Å²) in [6, 6.07) is 9.75. The van der Waals surface area contributed by atoms with Crippen LogP contribution in [-0.2, 0) is 6.42 Å². The zero-order chi connectivity index (χ0) is 13.4. The molecule has 0 aliphatic carbocycles. The summed E-state index contributed by atoms with van der Waals surface area (Å²) in [4.78, 5) is 0. The van der Waals surface area contributed by atoms with Crippen molar-refractivity contribution in [3.63, 3.8) is 0 Å². The molecule has 2 nitrogen and oxygen atoms in total. The first-order valence-corrected chi connectivity index (χ1v) is 6.06. The number of halogens is 2. The molecule has 2 aromatic carbocycles. The fourth-order valence-corrected chi connectivity index (χ4v) is 2.54. The van der Waals surface area contributed by atoms with Gasteiger partial charge in [-0.3, -0.25) is 0 Å². The standard InChI is InChI=1S/C15H13F2NO/c1-19-14-5-3-2-4-11(14)13-7-9-6-10(16)8-12(17)15(9)18-13/h2-6,8,13,18H,7H2,1H3. The Labute approximate surface area is 110 Å². The molecule has 1 heterocycles. The molecule has 1 N–H and O–H groups in total. The Morgan fingerprint density at radius 1 is 1.21 bits per heavy atom.